The van der Waals surface area contributed by atoms with Crippen molar-refractivity contribution in [1.29, 1.82) is 0 Å². The van der Waals surface area contributed by atoms with E-state index in [0.717, 1.165) is 29.8 Å². The van der Waals surface area contributed by atoms with Gasteiger partial charge in [0.25, 0.3) is 0 Å². The maximum absolute atomic E-state index is 11.5. The first kappa shape index (κ1) is 19.0. The van der Waals surface area contributed by atoms with Crippen molar-refractivity contribution in [3.05, 3.63) is 63.6 Å². The number of carbonyl (C=O) groups is 1. The van der Waals surface area contributed by atoms with Gasteiger partial charge in [0.2, 0.25) is 0 Å². The topological polar surface area (TPSA) is 49.8 Å². The number of halogens is 2. The van der Waals surface area contributed by atoms with Crippen LogP contribution in [0.2, 0.25) is 10.0 Å². The average Bonchev–Trinajstić information content (AvgIpc) is 2.64. The summed E-state index contributed by atoms with van der Waals surface area (Å²) in [7, 11) is 1.63. The molecule has 1 N–H and O–H groups in total. The molecular formula is C20H21Cl2NO3. The summed E-state index contributed by atoms with van der Waals surface area (Å²) in [5.74, 6) is -0.335. The number of ether oxygens (including phenoxy) is 1. The number of likely N-dealkylation sites (tertiary alicyclic amines) is 1. The predicted octanol–water partition coefficient (Wildman–Crippen LogP) is 4.89. The van der Waals surface area contributed by atoms with Crippen molar-refractivity contribution in [2.24, 2.45) is 5.92 Å². The van der Waals surface area contributed by atoms with E-state index in [4.69, 9.17) is 27.9 Å². The molecule has 0 radical (unpaired) electrons. The molecule has 2 aromatic carbocycles. The minimum absolute atomic E-state index is 0.132. The van der Waals surface area contributed by atoms with Crippen molar-refractivity contribution in [2.75, 3.05) is 20.2 Å². The lowest BCUT2D eigenvalue weighted by atomic mass is 9.91. The third-order valence-corrected chi connectivity index (χ3v) is 5.42. The Morgan fingerprint density at radius 3 is 2.58 bits per heavy atom. The largest absolute Gasteiger partial charge is 0.497 e. The Hall–Kier alpha value is -1.75. The maximum atomic E-state index is 11.5. The number of nitrogens with zero attached hydrogens (tertiary/aromatic N) is 1. The zero-order valence-corrected chi connectivity index (χ0v) is 16.0. The summed E-state index contributed by atoms with van der Waals surface area (Å²) in [5, 5.41) is 10.6. The lowest BCUT2D eigenvalue weighted by Gasteiger charge is -2.38. The second-order valence-electron chi connectivity index (χ2n) is 6.51. The van der Waals surface area contributed by atoms with Crippen LogP contribution in [-0.4, -0.2) is 36.2 Å². The van der Waals surface area contributed by atoms with Gasteiger partial charge in [-0.2, -0.15) is 0 Å². The third-order valence-electron chi connectivity index (χ3n) is 4.86. The zero-order chi connectivity index (χ0) is 18.7. The molecule has 0 aromatic heterocycles. The van der Waals surface area contributed by atoms with Gasteiger partial charge in [-0.05, 0) is 54.8 Å². The van der Waals surface area contributed by atoms with E-state index < -0.39 is 5.97 Å². The summed E-state index contributed by atoms with van der Waals surface area (Å²) in [6.07, 6.45) is 1.55. The van der Waals surface area contributed by atoms with Crippen molar-refractivity contribution < 1.29 is 14.6 Å². The van der Waals surface area contributed by atoms with Crippen molar-refractivity contribution in [1.82, 2.24) is 4.90 Å². The lowest BCUT2D eigenvalue weighted by Crippen LogP contribution is -2.41. The van der Waals surface area contributed by atoms with E-state index in [2.05, 4.69) is 4.90 Å². The number of hydrogen-bond acceptors (Lipinski definition) is 3. The molecule has 1 fully saturated rings. The number of aliphatic carboxylic acids is 1. The van der Waals surface area contributed by atoms with Crippen LogP contribution in [0.15, 0.2) is 42.5 Å². The van der Waals surface area contributed by atoms with Gasteiger partial charge in [0.05, 0.1) is 19.1 Å². The minimum atomic E-state index is -0.745. The van der Waals surface area contributed by atoms with Gasteiger partial charge >= 0.3 is 5.97 Å². The number of methoxy groups -OCH3 is 1. The molecule has 138 valence electrons. The predicted molar refractivity (Wildman–Crippen MR) is 103 cm³/mol. The second-order valence-corrected chi connectivity index (χ2v) is 7.36. The van der Waals surface area contributed by atoms with Crippen LogP contribution in [0.5, 0.6) is 5.75 Å². The summed E-state index contributed by atoms with van der Waals surface area (Å²) < 4.78 is 5.25. The van der Waals surface area contributed by atoms with Gasteiger partial charge in [-0.25, -0.2) is 0 Å². The van der Waals surface area contributed by atoms with Gasteiger partial charge in [-0.15, -0.1) is 0 Å². The molecule has 0 aliphatic carbocycles. The molecule has 2 unspecified atom stereocenters. The van der Waals surface area contributed by atoms with E-state index in [9.17, 15) is 9.90 Å². The van der Waals surface area contributed by atoms with Crippen LogP contribution in [0.3, 0.4) is 0 Å². The van der Waals surface area contributed by atoms with Gasteiger partial charge in [0, 0.05) is 16.6 Å². The first-order valence-electron chi connectivity index (χ1n) is 8.55. The van der Waals surface area contributed by atoms with Crippen molar-refractivity contribution in [2.45, 2.75) is 18.9 Å². The van der Waals surface area contributed by atoms with Crippen LogP contribution in [0, 0.1) is 5.92 Å². The van der Waals surface area contributed by atoms with Crippen LogP contribution >= 0.6 is 23.2 Å². The number of carboxylic acid groups (broad SMARTS) is 1. The number of carboxylic acids is 1. The monoisotopic (exact) mass is 393 g/mol. The quantitative estimate of drug-likeness (QED) is 0.785. The third kappa shape index (κ3) is 4.14. The molecule has 3 rings (SSSR count). The van der Waals surface area contributed by atoms with Crippen molar-refractivity contribution >= 4 is 29.2 Å². The molecular weight excluding hydrogens is 373 g/mol. The molecule has 0 bridgehead atoms. The molecule has 1 saturated heterocycles. The van der Waals surface area contributed by atoms with E-state index in [1.807, 2.05) is 36.4 Å². The highest BCUT2D eigenvalue weighted by Crippen LogP contribution is 2.37. The molecule has 0 spiro atoms. The fourth-order valence-electron chi connectivity index (χ4n) is 3.54. The lowest BCUT2D eigenvalue weighted by molar-refractivity contribution is -0.143. The van der Waals surface area contributed by atoms with E-state index >= 15 is 0 Å². The standard InChI is InChI=1S/C20H21Cl2NO3/c1-26-16-7-4-13(5-8-16)19(17-9-6-15(21)11-18(17)22)23-10-2-3-14(12-23)20(24)25/h4-9,11,14,19H,2-3,10,12H2,1H3,(H,24,25). The van der Waals surface area contributed by atoms with Gasteiger partial charge in [0.1, 0.15) is 5.75 Å². The van der Waals surface area contributed by atoms with Crippen molar-refractivity contribution in [3.63, 3.8) is 0 Å². The highest BCUT2D eigenvalue weighted by Gasteiger charge is 2.32. The number of benzene rings is 2. The molecule has 2 aromatic rings. The number of piperidine rings is 1. The Bertz CT molecular complexity index is 779. The summed E-state index contributed by atoms with van der Waals surface area (Å²) in [5.41, 5.74) is 1.97. The highest BCUT2D eigenvalue weighted by atomic mass is 35.5. The smallest absolute Gasteiger partial charge is 0.307 e. The Balaban J connectivity index is 2.01. The molecule has 1 heterocycles. The summed E-state index contributed by atoms with van der Waals surface area (Å²) in [6.45, 7) is 1.31. The van der Waals surface area contributed by atoms with Gasteiger partial charge in [-0.3, -0.25) is 9.69 Å². The Kier molecular flexibility index (Phi) is 6.07. The van der Waals surface area contributed by atoms with Crippen LogP contribution in [0.4, 0.5) is 0 Å². The minimum Gasteiger partial charge on any atom is -0.497 e. The summed E-state index contributed by atoms with van der Waals surface area (Å²) in [4.78, 5) is 13.7. The van der Waals surface area contributed by atoms with Crippen LogP contribution in [-0.2, 0) is 4.79 Å². The van der Waals surface area contributed by atoms with E-state index in [-0.39, 0.29) is 12.0 Å². The molecule has 6 heteroatoms. The molecule has 1 aliphatic rings. The van der Waals surface area contributed by atoms with Gasteiger partial charge < -0.3 is 9.84 Å². The van der Waals surface area contributed by atoms with Gasteiger partial charge in [-0.1, -0.05) is 41.4 Å². The van der Waals surface area contributed by atoms with Crippen molar-refractivity contribution in [3.8, 4) is 5.75 Å². The normalized spacial score (nSPS) is 19.1. The molecule has 4 nitrogen and oxygen atoms in total. The average molecular weight is 394 g/mol. The Morgan fingerprint density at radius 1 is 1.23 bits per heavy atom. The Labute approximate surface area is 163 Å². The number of hydrogen-bond donors (Lipinski definition) is 1. The summed E-state index contributed by atoms with van der Waals surface area (Å²) in [6, 6.07) is 13.1. The van der Waals surface area contributed by atoms with Crippen LogP contribution in [0.1, 0.15) is 30.0 Å². The van der Waals surface area contributed by atoms with Gasteiger partial charge in [0.15, 0.2) is 0 Å². The van der Waals surface area contributed by atoms with E-state index in [1.54, 1.807) is 13.2 Å². The SMILES string of the molecule is COc1ccc(C(c2ccc(Cl)cc2Cl)N2CCCC(C(=O)O)C2)cc1. The number of rotatable bonds is 5. The zero-order valence-electron chi connectivity index (χ0n) is 14.5. The van der Waals surface area contributed by atoms with E-state index in [1.165, 1.54) is 0 Å². The highest BCUT2D eigenvalue weighted by molar-refractivity contribution is 6.35. The maximum Gasteiger partial charge on any atom is 0.307 e. The van der Waals surface area contributed by atoms with Crippen LogP contribution in [0.25, 0.3) is 0 Å². The fourth-order valence-corrected chi connectivity index (χ4v) is 4.05. The molecule has 2 atom stereocenters. The van der Waals surface area contributed by atoms with E-state index in [0.29, 0.717) is 23.0 Å². The first-order valence-corrected chi connectivity index (χ1v) is 9.31. The first-order chi connectivity index (χ1) is 12.5. The molecule has 1 aliphatic heterocycles. The summed E-state index contributed by atoms with van der Waals surface area (Å²) >= 11 is 12.6. The Morgan fingerprint density at radius 2 is 1.96 bits per heavy atom. The molecule has 0 amide bonds. The van der Waals surface area contributed by atoms with Crippen LogP contribution < -0.4 is 4.74 Å². The molecule has 0 saturated carbocycles. The fraction of sp³-hybridized carbons (Fsp3) is 0.350. The second kappa shape index (κ2) is 8.30. The molecule has 26 heavy (non-hydrogen) atoms.